The number of aromatic nitrogens is 4. The normalized spacial score (nSPS) is 12.0. The van der Waals surface area contributed by atoms with Gasteiger partial charge in [-0.15, -0.1) is 0 Å². The van der Waals surface area contributed by atoms with Crippen molar-refractivity contribution in [2.75, 3.05) is 23.9 Å². The summed E-state index contributed by atoms with van der Waals surface area (Å²) in [5.74, 6) is -7.41. The Morgan fingerprint density at radius 3 is 1.35 bits per heavy atom. The maximum Gasteiger partial charge on any atom is 0.254 e. The third kappa shape index (κ3) is 10.6. The zero-order valence-electron chi connectivity index (χ0n) is 31.2. The maximum atomic E-state index is 15.3. The molecule has 2 aromatic heterocycles. The van der Waals surface area contributed by atoms with Gasteiger partial charge >= 0.3 is 0 Å². The van der Waals surface area contributed by atoms with Crippen LogP contribution in [0.25, 0.3) is 0 Å². The highest BCUT2D eigenvalue weighted by Gasteiger charge is 2.30. The van der Waals surface area contributed by atoms with Crippen LogP contribution in [0.15, 0.2) is 79.4 Å². The lowest BCUT2D eigenvalue weighted by Crippen LogP contribution is -2.49. The molecule has 2 atom stereocenters. The van der Waals surface area contributed by atoms with E-state index in [0.717, 1.165) is 52.3 Å². The Morgan fingerprint density at radius 1 is 0.579 bits per heavy atom. The number of amides is 4. The van der Waals surface area contributed by atoms with Crippen LogP contribution < -0.4 is 20.4 Å². The molecular weight excluding hydrogens is 751 g/mol. The summed E-state index contributed by atoms with van der Waals surface area (Å²) in [6.07, 6.45) is 5.79. The summed E-state index contributed by atoms with van der Waals surface area (Å²) >= 11 is 0. The van der Waals surface area contributed by atoms with Gasteiger partial charge in [0.2, 0.25) is 11.8 Å². The molecular formula is C40H37F5N8O4. The van der Waals surface area contributed by atoms with E-state index in [0.29, 0.717) is 36.6 Å². The Morgan fingerprint density at radius 2 is 0.965 bits per heavy atom. The van der Waals surface area contributed by atoms with Crippen molar-refractivity contribution in [1.29, 1.82) is 0 Å². The monoisotopic (exact) mass is 788 g/mol. The summed E-state index contributed by atoms with van der Waals surface area (Å²) < 4.78 is 71.9. The van der Waals surface area contributed by atoms with Crippen LogP contribution in [0.5, 0.6) is 0 Å². The van der Waals surface area contributed by atoms with Gasteiger partial charge in [0, 0.05) is 57.5 Å². The molecule has 17 heteroatoms. The third-order valence-electron chi connectivity index (χ3n) is 8.86. The maximum absolute atomic E-state index is 15.3. The Bertz CT molecular complexity index is 2240. The topological polar surface area (TPSA) is 150 Å². The van der Waals surface area contributed by atoms with Gasteiger partial charge in [0.25, 0.3) is 11.8 Å². The van der Waals surface area contributed by atoms with Crippen LogP contribution >= 0.6 is 0 Å². The number of halogens is 5. The van der Waals surface area contributed by atoms with Gasteiger partial charge in [-0.05, 0) is 53.6 Å². The van der Waals surface area contributed by atoms with Gasteiger partial charge in [-0.25, -0.2) is 41.9 Å². The van der Waals surface area contributed by atoms with E-state index in [4.69, 9.17) is 0 Å². The predicted molar refractivity (Wildman–Crippen MR) is 199 cm³/mol. The van der Waals surface area contributed by atoms with Crippen molar-refractivity contribution < 1.29 is 41.1 Å². The quantitative estimate of drug-likeness (QED) is 0.148. The molecule has 296 valence electrons. The van der Waals surface area contributed by atoms with E-state index in [2.05, 4.69) is 30.6 Å². The van der Waals surface area contributed by atoms with Crippen molar-refractivity contribution in [3.63, 3.8) is 0 Å². The molecule has 5 aromatic rings. The highest BCUT2D eigenvalue weighted by atomic mass is 19.1. The number of carbonyl (C=O) groups excluding carboxylic acids is 4. The van der Waals surface area contributed by atoms with Crippen LogP contribution in [0.1, 0.15) is 57.3 Å². The first-order valence-electron chi connectivity index (χ1n) is 17.6. The minimum Gasteiger partial charge on any atom is -0.340 e. The number of carbonyl (C=O) groups is 4. The molecule has 0 radical (unpaired) electrons. The fraction of sp³-hybridized carbons (Fsp3) is 0.250. The Hall–Kier alpha value is -6.65. The molecule has 0 saturated carbocycles. The van der Waals surface area contributed by atoms with Crippen LogP contribution in [-0.2, 0) is 35.3 Å². The second-order valence-electron chi connectivity index (χ2n) is 12.9. The average Bonchev–Trinajstić information content (AvgIpc) is 3.18. The molecule has 0 fully saturated rings. The number of rotatable bonds is 14. The zero-order valence-corrected chi connectivity index (χ0v) is 31.2. The van der Waals surface area contributed by atoms with Crippen molar-refractivity contribution in [2.24, 2.45) is 0 Å². The minimum atomic E-state index is -1.52. The Kier molecular flexibility index (Phi) is 13.3. The van der Waals surface area contributed by atoms with Crippen LogP contribution in [0.2, 0.25) is 0 Å². The van der Waals surface area contributed by atoms with Gasteiger partial charge in [-0.1, -0.05) is 13.8 Å². The van der Waals surface area contributed by atoms with Gasteiger partial charge < -0.3 is 20.4 Å². The van der Waals surface area contributed by atoms with Crippen molar-refractivity contribution >= 4 is 35.0 Å². The molecule has 0 saturated heterocycles. The fourth-order valence-electron chi connectivity index (χ4n) is 5.78. The van der Waals surface area contributed by atoms with Gasteiger partial charge in [0.05, 0.1) is 41.7 Å². The van der Waals surface area contributed by atoms with Crippen LogP contribution in [0.4, 0.5) is 33.3 Å². The minimum absolute atomic E-state index is 0.00236. The third-order valence-corrected chi connectivity index (χ3v) is 8.86. The first kappa shape index (κ1) is 41.5. The number of nitrogens with one attached hydrogen (secondary N) is 2. The smallest absolute Gasteiger partial charge is 0.254 e. The summed E-state index contributed by atoms with van der Waals surface area (Å²) in [5.41, 5.74) is -0.481. The van der Waals surface area contributed by atoms with Crippen molar-refractivity contribution in [3.05, 3.63) is 142 Å². The number of hydrogen-bond acceptors (Lipinski definition) is 8. The van der Waals surface area contributed by atoms with E-state index in [1.807, 2.05) is 13.8 Å². The van der Waals surface area contributed by atoms with Gasteiger partial charge in [0.1, 0.15) is 52.8 Å². The molecule has 0 aliphatic carbocycles. The summed E-state index contributed by atoms with van der Waals surface area (Å²) in [7, 11) is 2.75. The number of anilines is 2. The van der Waals surface area contributed by atoms with E-state index in [-0.39, 0.29) is 34.5 Å². The van der Waals surface area contributed by atoms with Crippen LogP contribution in [-0.4, -0.2) is 69.7 Å². The van der Waals surface area contributed by atoms with Gasteiger partial charge in [-0.3, -0.25) is 19.2 Å². The fourth-order valence-corrected chi connectivity index (χ4v) is 5.78. The summed E-state index contributed by atoms with van der Waals surface area (Å²) in [5, 5.41) is 4.92. The second kappa shape index (κ2) is 18.3. The molecule has 5 rings (SSSR count). The van der Waals surface area contributed by atoms with E-state index in [1.165, 1.54) is 38.9 Å². The molecule has 1 unspecified atom stereocenters. The van der Waals surface area contributed by atoms with Crippen molar-refractivity contribution in [2.45, 2.75) is 51.6 Å². The second-order valence-corrected chi connectivity index (χ2v) is 12.9. The number of hydrogen-bond donors (Lipinski definition) is 2. The standard InChI is InChI=1S/C40H37F5N8O4/c1-5-35-46-18-29(19-47-35)52(3)39(56)33(13-22-9-25(41)16-26(42)10-22)50-37(54)24-7-8-32(45)31(15-24)38(55)51-34(14-23-11-27(43)17-28(44)12-23)40(57)53(4)30-20-48-36(6-2)49-21-30/h7-12,15-21,33-34H,5-6,13-14H2,1-4H3,(H,50,54)(H,51,55)/t33?,34-/m0/s1. The molecule has 0 spiro atoms. The number of likely N-dealkylation sites (N-methyl/N-ethyl adjacent to an activating group) is 2. The Labute approximate surface area is 324 Å². The average molecular weight is 789 g/mol. The highest BCUT2D eigenvalue weighted by molar-refractivity contribution is 6.05. The number of aryl methyl sites for hydroxylation is 2. The SMILES string of the molecule is CCc1ncc(N(C)C(=O)C(Cc2cc(F)cc(F)c2)NC(=O)c2ccc(F)c(C(=O)N[C@@H](Cc3cc(F)cc(F)c3)C(=O)N(C)c3cnc(CC)nc3)c2)cn1. The first-order chi connectivity index (χ1) is 27.1. The molecule has 57 heavy (non-hydrogen) atoms. The van der Waals surface area contributed by atoms with E-state index < -0.39 is 76.8 Å². The Balaban J connectivity index is 1.42. The van der Waals surface area contributed by atoms with Crippen molar-refractivity contribution in [3.8, 4) is 0 Å². The van der Waals surface area contributed by atoms with Crippen molar-refractivity contribution in [1.82, 2.24) is 30.6 Å². The van der Waals surface area contributed by atoms with Crippen LogP contribution in [0, 0.1) is 29.1 Å². The van der Waals surface area contributed by atoms with Gasteiger partial charge in [0.15, 0.2) is 0 Å². The molecule has 0 aliphatic heterocycles. The molecule has 12 nitrogen and oxygen atoms in total. The van der Waals surface area contributed by atoms with E-state index >= 15 is 4.39 Å². The molecule has 3 aromatic carbocycles. The van der Waals surface area contributed by atoms with Crippen LogP contribution in [0.3, 0.4) is 0 Å². The lowest BCUT2D eigenvalue weighted by atomic mass is 10.0. The van der Waals surface area contributed by atoms with E-state index in [1.54, 1.807) is 0 Å². The highest BCUT2D eigenvalue weighted by Crippen LogP contribution is 2.19. The molecule has 2 N–H and O–H groups in total. The lowest BCUT2D eigenvalue weighted by Gasteiger charge is -2.25. The molecule has 0 bridgehead atoms. The molecule has 0 aliphatic rings. The van der Waals surface area contributed by atoms with Gasteiger partial charge in [-0.2, -0.15) is 0 Å². The molecule has 2 heterocycles. The molecule has 4 amide bonds. The number of benzene rings is 3. The number of nitrogens with zero attached hydrogens (tertiary/aromatic N) is 6. The largest absolute Gasteiger partial charge is 0.340 e. The summed E-state index contributed by atoms with van der Waals surface area (Å²) in [6.45, 7) is 3.67. The van der Waals surface area contributed by atoms with E-state index in [9.17, 15) is 36.7 Å². The zero-order chi connectivity index (χ0) is 41.4. The predicted octanol–water partition coefficient (Wildman–Crippen LogP) is 5.10. The summed E-state index contributed by atoms with van der Waals surface area (Å²) in [4.78, 5) is 73.9. The first-order valence-corrected chi connectivity index (χ1v) is 17.6. The summed E-state index contributed by atoms with van der Waals surface area (Å²) in [6, 6.07) is 4.99. The lowest BCUT2D eigenvalue weighted by molar-refractivity contribution is -0.120.